The lowest BCUT2D eigenvalue weighted by Gasteiger charge is -2.23. The van der Waals surface area contributed by atoms with Crippen molar-refractivity contribution in [3.05, 3.63) is 24.0 Å². The summed E-state index contributed by atoms with van der Waals surface area (Å²) in [5.74, 6) is -0.411. The lowest BCUT2D eigenvalue weighted by atomic mass is 9.96. The molecule has 0 unspecified atom stereocenters. The highest BCUT2D eigenvalue weighted by atomic mass is 19.1. The Bertz CT molecular complexity index is 430. The molecule has 4 nitrogen and oxygen atoms in total. The van der Waals surface area contributed by atoms with Crippen LogP contribution in [-0.4, -0.2) is 12.1 Å². The maximum Gasteiger partial charge on any atom is 0.319 e. The third-order valence-corrected chi connectivity index (χ3v) is 3.20. The maximum absolute atomic E-state index is 12.8. The number of rotatable bonds is 2. The molecule has 0 saturated heterocycles. The summed E-state index contributed by atoms with van der Waals surface area (Å²) in [5, 5.41) is 5.55. The summed E-state index contributed by atoms with van der Waals surface area (Å²) in [6, 6.07) is 3.88. The van der Waals surface area contributed by atoms with E-state index < -0.39 is 5.82 Å². The van der Waals surface area contributed by atoms with Crippen LogP contribution in [0.2, 0.25) is 0 Å². The molecule has 1 aliphatic carbocycles. The summed E-state index contributed by atoms with van der Waals surface area (Å²) in [6.07, 6.45) is 5.59. The van der Waals surface area contributed by atoms with Gasteiger partial charge in [-0.2, -0.15) is 0 Å². The SMILES string of the molecule is Nc1cc(F)ccc1NC(=O)NC1CCCCC1. The molecule has 0 aliphatic heterocycles. The number of nitrogens with two attached hydrogens (primary N) is 1. The molecule has 5 heteroatoms. The molecule has 0 spiro atoms. The molecule has 0 heterocycles. The van der Waals surface area contributed by atoms with Crippen LogP contribution >= 0.6 is 0 Å². The maximum atomic E-state index is 12.8. The minimum atomic E-state index is -0.411. The third kappa shape index (κ3) is 3.35. The van der Waals surface area contributed by atoms with Crippen molar-refractivity contribution in [2.45, 2.75) is 38.1 Å². The number of carbonyl (C=O) groups excluding carboxylic acids is 1. The fraction of sp³-hybridized carbons (Fsp3) is 0.462. The van der Waals surface area contributed by atoms with Gasteiger partial charge in [0.15, 0.2) is 0 Å². The first-order valence-corrected chi connectivity index (χ1v) is 6.27. The van der Waals surface area contributed by atoms with Crippen molar-refractivity contribution >= 4 is 17.4 Å². The molecule has 1 aliphatic rings. The molecule has 0 aromatic heterocycles. The van der Waals surface area contributed by atoms with E-state index in [0.717, 1.165) is 25.7 Å². The van der Waals surface area contributed by atoms with Crippen LogP contribution in [0, 0.1) is 5.82 Å². The molecular formula is C13H18FN3O. The van der Waals surface area contributed by atoms with Crippen molar-refractivity contribution < 1.29 is 9.18 Å². The van der Waals surface area contributed by atoms with Crippen molar-refractivity contribution in [3.8, 4) is 0 Å². The molecule has 0 radical (unpaired) electrons. The van der Waals surface area contributed by atoms with E-state index in [1.54, 1.807) is 0 Å². The van der Waals surface area contributed by atoms with Crippen molar-refractivity contribution in [2.75, 3.05) is 11.1 Å². The first kappa shape index (κ1) is 12.7. The van der Waals surface area contributed by atoms with E-state index in [-0.39, 0.29) is 17.8 Å². The summed E-state index contributed by atoms with van der Waals surface area (Å²) >= 11 is 0. The first-order chi connectivity index (χ1) is 8.65. The molecular weight excluding hydrogens is 233 g/mol. The van der Waals surface area contributed by atoms with E-state index in [2.05, 4.69) is 10.6 Å². The monoisotopic (exact) mass is 251 g/mol. The predicted octanol–water partition coefficient (Wildman–Crippen LogP) is 2.86. The molecule has 2 amide bonds. The Kier molecular flexibility index (Phi) is 4.02. The predicted molar refractivity (Wildman–Crippen MR) is 69.8 cm³/mol. The van der Waals surface area contributed by atoms with Gasteiger partial charge in [0.1, 0.15) is 5.82 Å². The lowest BCUT2D eigenvalue weighted by Crippen LogP contribution is -2.39. The summed E-state index contributed by atoms with van der Waals surface area (Å²) in [5.41, 5.74) is 6.29. The molecule has 98 valence electrons. The fourth-order valence-electron chi connectivity index (χ4n) is 2.24. The molecule has 2 rings (SSSR count). The third-order valence-electron chi connectivity index (χ3n) is 3.20. The first-order valence-electron chi connectivity index (χ1n) is 6.27. The normalized spacial score (nSPS) is 16.3. The zero-order valence-corrected chi connectivity index (χ0v) is 10.2. The van der Waals surface area contributed by atoms with Crippen LogP contribution < -0.4 is 16.4 Å². The number of carbonyl (C=O) groups is 1. The van der Waals surface area contributed by atoms with Gasteiger partial charge in [-0.25, -0.2) is 9.18 Å². The Labute approximate surface area is 106 Å². The molecule has 1 saturated carbocycles. The van der Waals surface area contributed by atoms with Crippen molar-refractivity contribution in [1.29, 1.82) is 0 Å². The number of urea groups is 1. The summed E-state index contributed by atoms with van der Waals surface area (Å²) in [6.45, 7) is 0. The largest absolute Gasteiger partial charge is 0.397 e. The summed E-state index contributed by atoms with van der Waals surface area (Å²) < 4.78 is 12.8. The van der Waals surface area contributed by atoms with Gasteiger partial charge < -0.3 is 16.4 Å². The number of nitrogen functional groups attached to an aromatic ring is 1. The number of anilines is 2. The average Bonchev–Trinajstić information content (AvgIpc) is 2.34. The molecule has 1 fully saturated rings. The van der Waals surface area contributed by atoms with Crippen molar-refractivity contribution in [2.24, 2.45) is 0 Å². The summed E-state index contributed by atoms with van der Waals surface area (Å²) in [7, 11) is 0. The standard InChI is InChI=1S/C13H18FN3O/c14-9-6-7-12(11(15)8-9)17-13(18)16-10-4-2-1-3-5-10/h6-8,10H,1-5,15H2,(H2,16,17,18). The van der Waals surface area contributed by atoms with Gasteiger partial charge in [0.05, 0.1) is 11.4 Å². The van der Waals surface area contributed by atoms with Gasteiger partial charge in [0.2, 0.25) is 0 Å². The molecule has 0 atom stereocenters. The topological polar surface area (TPSA) is 67.1 Å². The quantitative estimate of drug-likeness (QED) is 0.707. The zero-order chi connectivity index (χ0) is 13.0. The van der Waals surface area contributed by atoms with E-state index in [1.807, 2.05) is 0 Å². The van der Waals surface area contributed by atoms with Gasteiger partial charge in [0.25, 0.3) is 0 Å². The second-order valence-electron chi connectivity index (χ2n) is 4.66. The van der Waals surface area contributed by atoms with Gasteiger partial charge in [-0.1, -0.05) is 19.3 Å². The van der Waals surface area contributed by atoms with E-state index in [4.69, 9.17) is 5.73 Å². The highest BCUT2D eigenvalue weighted by molar-refractivity contribution is 5.92. The molecule has 0 bridgehead atoms. The van der Waals surface area contributed by atoms with Crippen LogP contribution in [0.5, 0.6) is 0 Å². The lowest BCUT2D eigenvalue weighted by molar-refractivity contribution is 0.244. The second kappa shape index (κ2) is 5.71. The smallest absolute Gasteiger partial charge is 0.319 e. The fourth-order valence-corrected chi connectivity index (χ4v) is 2.24. The molecule has 1 aromatic rings. The Morgan fingerprint density at radius 1 is 1.28 bits per heavy atom. The summed E-state index contributed by atoms with van der Waals surface area (Å²) in [4.78, 5) is 11.7. The van der Waals surface area contributed by atoms with Gasteiger partial charge in [-0.3, -0.25) is 0 Å². The van der Waals surface area contributed by atoms with Crippen molar-refractivity contribution in [3.63, 3.8) is 0 Å². The number of hydrogen-bond acceptors (Lipinski definition) is 2. The van der Waals surface area contributed by atoms with Crippen molar-refractivity contribution in [1.82, 2.24) is 5.32 Å². The van der Waals surface area contributed by atoms with Gasteiger partial charge in [-0.15, -0.1) is 0 Å². The Morgan fingerprint density at radius 2 is 2.00 bits per heavy atom. The highest BCUT2D eigenvalue weighted by Crippen LogP contribution is 2.20. The van der Waals surface area contributed by atoms with E-state index >= 15 is 0 Å². The van der Waals surface area contributed by atoms with E-state index in [1.165, 1.54) is 24.6 Å². The number of nitrogens with one attached hydrogen (secondary N) is 2. The van der Waals surface area contributed by atoms with Crippen LogP contribution in [-0.2, 0) is 0 Å². The van der Waals surface area contributed by atoms with Crippen LogP contribution in [0.15, 0.2) is 18.2 Å². The van der Waals surface area contributed by atoms with Crippen LogP contribution in [0.3, 0.4) is 0 Å². The van der Waals surface area contributed by atoms with Crippen LogP contribution in [0.25, 0.3) is 0 Å². The molecule has 4 N–H and O–H groups in total. The number of benzene rings is 1. The zero-order valence-electron chi connectivity index (χ0n) is 10.2. The second-order valence-corrected chi connectivity index (χ2v) is 4.66. The molecule has 18 heavy (non-hydrogen) atoms. The highest BCUT2D eigenvalue weighted by Gasteiger charge is 2.15. The minimum absolute atomic E-state index is 0.230. The Hall–Kier alpha value is -1.78. The minimum Gasteiger partial charge on any atom is -0.397 e. The van der Waals surface area contributed by atoms with Gasteiger partial charge in [0, 0.05) is 6.04 Å². The van der Waals surface area contributed by atoms with E-state index in [0.29, 0.717) is 5.69 Å². The Morgan fingerprint density at radius 3 is 2.67 bits per heavy atom. The number of amides is 2. The molecule has 1 aromatic carbocycles. The number of hydrogen-bond donors (Lipinski definition) is 3. The average molecular weight is 251 g/mol. The van der Waals surface area contributed by atoms with Gasteiger partial charge in [-0.05, 0) is 31.0 Å². The van der Waals surface area contributed by atoms with Gasteiger partial charge >= 0.3 is 6.03 Å². The Balaban J connectivity index is 1.90. The van der Waals surface area contributed by atoms with Crippen LogP contribution in [0.1, 0.15) is 32.1 Å². The van der Waals surface area contributed by atoms with Crippen LogP contribution in [0.4, 0.5) is 20.6 Å². The van der Waals surface area contributed by atoms with E-state index in [9.17, 15) is 9.18 Å². The number of halogens is 1.